The Morgan fingerprint density at radius 2 is 2.47 bits per heavy atom. The first kappa shape index (κ1) is 11.9. The molecule has 1 aromatic rings. The molecular formula is C10H13NO3S. The molecule has 0 amide bonds. The summed E-state index contributed by atoms with van der Waals surface area (Å²) < 4.78 is 10.0. The zero-order chi connectivity index (χ0) is 11.1. The van der Waals surface area contributed by atoms with E-state index < -0.39 is 0 Å². The van der Waals surface area contributed by atoms with Gasteiger partial charge in [0, 0.05) is 6.92 Å². The van der Waals surface area contributed by atoms with E-state index in [1.54, 1.807) is 11.6 Å². The number of ether oxygens (including phenoxy) is 2. The van der Waals surface area contributed by atoms with Gasteiger partial charge in [0.25, 0.3) is 0 Å². The molecule has 0 saturated carbocycles. The van der Waals surface area contributed by atoms with Gasteiger partial charge in [0.2, 0.25) is 0 Å². The molecule has 0 spiro atoms. The number of esters is 1. The van der Waals surface area contributed by atoms with E-state index in [0.717, 1.165) is 10.6 Å². The molecule has 15 heavy (non-hydrogen) atoms. The summed E-state index contributed by atoms with van der Waals surface area (Å²) in [6.45, 7) is 6.13. The largest absolute Gasteiger partial charge is 0.463 e. The quantitative estimate of drug-likeness (QED) is 0.550. The molecule has 0 bridgehead atoms. The first-order valence-electron chi connectivity index (χ1n) is 4.50. The Hall–Kier alpha value is -1.20. The highest BCUT2D eigenvalue weighted by atomic mass is 32.1. The van der Waals surface area contributed by atoms with E-state index in [9.17, 15) is 4.79 Å². The minimum atomic E-state index is -0.293. The highest BCUT2D eigenvalue weighted by Gasteiger charge is 2.02. The standard InChI is InChI=1S/C10H13NO3S/c1-3-10-9(11-7-15-10)6-13-4-5-14-8(2)12/h3,7H,1,4-6H2,2H3. The van der Waals surface area contributed by atoms with Gasteiger partial charge in [0.1, 0.15) is 6.61 Å². The topological polar surface area (TPSA) is 48.4 Å². The van der Waals surface area contributed by atoms with Crippen LogP contribution in [-0.2, 0) is 20.9 Å². The van der Waals surface area contributed by atoms with Crippen LogP contribution >= 0.6 is 11.3 Å². The second kappa shape index (κ2) is 6.31. The predicted molar refractivity (Wildman–Crippen MR) is 58.5 cm³/mol. The van der Waals surface area contributed by atoms with Crippen LogP contribution in [-0.4, -0.2) is 24.2 Å². The summed E-state index contributed by atoms with van der Waals surface area (Å²) in [5, 5.41) is 0. The number of aromatic nitrogens is 1. The lowest BCUT2D eigenvalue weighted by Crippen LogP contribution is -2.07. The summed E-state index contributed by atoms with van der Waals surface area (Å²) in [7, 11) is 0. The van der Waals surface area contributed by atoms with Crippen LogP contribution in [0.25, 0.3) is 6.08 Å². The fraction of sp³-hybridized carbons (Fsp3) is 0.400. The van der Waals surface area contributed by atoms with E-state index in [1.165, 1.54) is 18.3 Å². The third-order valence-corrected chi connectivity index (χ3v) is 2.50. The molecule has 0 radical (unpaired) electrons. The van der Waals surface area contributed by atoms with E-state index in [0.29, 0.717) is 13.2 Å². The molecule has 0 aliphatic carbocycles. The molecule has 0 fully saturated rings. The molecule has 0 saturated heterocycles. The Bertz CT molecular complexity index is 335. The van der Waals surface area contributed by atoms with Crippen molar-refractivity contribution < 1.29 is 14.3 Å². The van der Waals surface area contributed by atoms with E-state index >= 15 is 0 Å². The predicted octanol–water partition coefficient (Wildman–Crippen LogP) is 1.87. The van der Waals surface area contributed by atoms with Crippen LogP contribution in [0.1, 0.15) is 17.5 Å². The van der Waals surface area contributed by atoms with Gasteiger partial charge in [-0.05, 0) is 0 Å². The highest BCUT2D eigenvalue weighted by molar-refractivity contribution is 7.10. The van der Waals surface area contributed by atoms with Crippen LogP contribution in [0, 0.1) is 0 Å². The fourth-order valence-electron chi connectivity index (χ4n) is 0.966. The van der Waals surface area contributed by atoms with Crippen molar-refractivity contribution in [3.8, 4) is 0 Å². The molecule has 5 heteroatoms. The number of hydrogen-bond acceptors (Lipinski definition) is 5. The van der Waals surface area contributed by atoms with Crippen molar-refractivity contribution in [3.63, 3.8) is 0 Å². The zero-order valence-electron chi connectivity index (χ0n) is 8.56. The molecular weight excluding hydrogens is 214 g/mol. The Balaban J connectivity index is 2.20. The van der Waals surface area contributed by atoms with Crippen LogP contribution in [0.15, 0.2) is 12.1 Å². The summed E-state index contributed by atoms with van der Waals surface area (Å²) in [4.78, 5) is 15.6. The lowest BCUT2D eigenvalue weighted by molar-refractivity contribution is -0.142. The van der Waals surface area contributed by atoms with Crippen LogP contribution < -0.4 is 0 Å². The molecule has 1 aromatic heterocycles. The van der Waals surface area contributed by atoms with Gasteiger partial charge in [0.05, 0.1) is 29.3 Å². The molecule has 0 atom stereocenters. The lowest BCUT2D eigenvalue weighted by Gasteiger charge is -2.03. The number of hydrogen-bond donors (Lipinski definition) is 0. The van der Waals surface area contributed by atoms with Crippen LogP contribution in [0.2, 0.25) is 0 Å². The van der Waals surface area contributed by atoms with E-state index in [4.69, 9.17) is 9.47 Å². The molecule has 1 heterocycles. The average Bonchev–Trinajstić information content (AvgIpc) is 2.64. The molecule has 1 rings (SSSR count). The maximum Gasteiger partial charge on any atom is 0.302 e. The monoisotopic (exact) mass is 227 g/mol. The van der Waals surface area contributed by atoms with Crippen molar-refractivity contribution in [3.05, 3.63) is 22.7 Å². The van der Waals surface area contributed by atoms with Gasteiger partial charge < -0.3 is 9.47 Å². The van der Waals surface area contributed by atoms with E-state index in [2.05, 4.69) is 11.6 Å². The molecule has 82 valence electrons. The third kappa shape index (κ3) is 4.22. The normalized spacial score (nSPS) is 9.93. The van der Waals surface area contributed by atoms with Gasteiger partial charge >= 0.3 is 5.97 Å². The Kier molecular flexibility index (Phi) is 5.00. The number of thiazole rings is 1. The minimum Gasteiger partial charge on any atom is -0.463 e. The van der Waals surface area contributed by atoms with Gasteiger partial charge in [-0.25, -0.2) is 4.98 Å². The summed E-state index contributed by atoms with van der Waals surface area (Å²) in [5.41, 5.74) is 2.62. The van der Waals surface area contributed by atoms with Crippen LogP contribution in [0.5, 0.6) is 0 Å². The summed E-state index contributed by atoms with van der Waals surface area (Å²) in [6.07, 6.45) is 1.75. The Morgan fingerprint density at radius 1 is 1.67 bits per heavy atom. The molecule has 0 unspecified atom stereocenters. The first-order valence-corrected chi connectivity index (χ1v) is 5.38. The minimum absolute atomic E-state index is 0.281. The van der Waals surface area contributed by atoms with Gasteiger partial charge in [-0.3, -0.25) is 4.79 Å². The molecule has 4 nitrogen and oxygen atoms in total. The number of carbonyl (C=O) groups is 1. The van der Waals surface area contributed by atoms with Crippen molar-refractivity contribution in [2.24, 2.45) is 0 Å². The van der Waals surface area contributed by atoms with Gasteiger partial charge in [0.15, 0.2) is 0 Å². The van der Waals surface area contributed by atoms with Crippen molar-refractivity contribution in [2.75, 3.05) is 13.2 Å². The maximum atomic E-state index is 10.4. The zero-order valence-corrected chi connectivity index (χ0v) is 9.38. The SMILES string of the molecule is C=Cc1scnc1COCCOC(C)=O. The number of rotatable bonds is 6. The lowest BCUT2D eigenvalue weighted by atomic mass is 10.4. The smallest absolute Gasteiger partial charge is 0.302 e. The van der Waals surface area contributed by atoms with E-state index in [1.807, 2.05) is 0 Å². The second-order valence-corrected chi connectivity index (χ2v) is 3.65. The average molecular weight is 227 g/mol. The Morgan fingerprint density at radius 3 is 3.13 bits per heavy atom. The van der Waals surface area contributed by atoms with Crippen molar-refractivity contribution in [1.29, 1.82) is 0 Å². The van der Waals surface area contributed by atoms with Crippen molar-refractivity contribution >= 4 is 23.4 Å². The van der Waals surface area contributed by atoms with Crippen molar-refractivity contribution in [2.45, 2.75) is 13.5 Å². The van der Waals surface area contributed by atoms with Gasteiger partial charge in [-0.15, -0.1) is 11.3 Å². The Labute approximate surface area is 92.5 Å². The summed E-state index contributed by atoms with van der Waals surface area (Å²) in [6, 6.07) is 0. The van der Waals surface area contributed by atoms with Gasteiger partial charge in [-0.2, -0.15) is 0 Å². The third-order valence-electron chi connectivity index (χ3n) is 1.63. The summed E-state index contributed by atoms with van der Waals surface area (Å²) in [5.74, 6) is -0.293. The molecule has 0 aliphatic heterocycles. The van der Waals surface area contributed by atoms with Crippen molar-refractivity contribution in [1.82, 2.24) is 4.98 Å². The first-order chi connectivity index (χ1) is 7.24. The van der Waals surface area contributed by atoms with E-state index in [-0.39, 0.29) is 12.6 Å². The fourth-order valence-corrected chi connectivity index (χ4v) is 1.60. The molecule has 0 N–H and O–H groups in total. The molecule has 0 aliphatic rings. The van der Waals surface area contributed by atoms with Crippen LogP contribution in [0.4, 0.5) is 0 Å². The van der Waals surface area contributed by atoms with Crippen LogP contribution in [0.3, 0.4) is 0 Å². The highest BCUT2D eigenvalue weighted by Crippen LogP contribution is 2.14. The molecule has 0 aromatic carbocycles. The number of carbonyl (C=O) groups excluding carboxylic acids is 1. The maximum absolute atomic E-state index is 10.4. The number of nitrogens with zero attached hydrogens (tertiary/aromatic N) is 1. The summed E-state index contributed by atoms with van der Waals surface area (Å²) >= 11 is 1.52. The van der Waals surface area contributed by atoms with Gasteiger partial charge in [-0.1, -0.05) is 12.7 Å². The second-order valence-electron chi connectivity index (χ2n) is 2.76.